The van der Waals surface area contributed by atoms with E-state index in [-0.39, 0.29) is 11.8 Å². The molecule has 0 fully saturated rings. The number of methoxy groups -OCH3 is 1. The summed E-state index contributed by atoms with van der Waals surface area (Å²) in [5.74, 6) is 0.00243. The Morgan fingerprint density at radius 3 is 2.59 bits per heavy atom. The fourth-order valence-electron chi connectivity index (χ4n) is 2.79. The molecule has 0 aliphatic heterocycles. The molecule has 0 aliphatic carbocycles. The van der Waals surface area contributed by atoms with Crippen LogP contribution < -0.4 is 26.8 Å². The van der Waals surface area contributed by atoms with Gasteiger partial charge in [-0.25, -0.2) is 0 Å². The number of rotatable bonds is 9. The molecule has 27 heavy (non-hydrogen) atoms. The number of hydrogen-bond donors (Lipinski definition) is 4. The molecule has 7 heteroatoms. The SMILES string of the molecule is COc1cc(NC(=O)[C@H](C)NC(=O)[C@H](N)CCCCN)cc2ccccc12. The fraction of sp³-hybridized carbons (Fsp3) is 0.400. The standard InChI is InChI=1S/C20H28N4O3/c1-13(23-20(26)17(22)9-5-6-10-21)19(25)24-15-11-14-7-3-4-8-16(14)18(12-15)27-2/h3-4,7-8,11-13,17H,5-6,9-10,21-22H2,1-2H3,(H,23,26)(H,24,25)/t13-,17+/m0/s1. The summed E-state index contributed by atoms with van der Waals surface area (Å²) in [6.07, 6.45) is 2.14. The Kier molecular flexibility index (Phi) is 7.57. The zero-order chi connectivity index (χ0) is 19.8. The number of amides is 2. The number of nitrogens with two attached hydrogens (primary N) is 2. The fourth-order valence-corrected chi connectivity index (χ4v) is 2.79. The normalized spacial score (nSPS) is 13.0. The number of hydrogen-bond acceptors (Lipinski definition) is 5. The summed E-state index contributed by atoms with van der Waals surface area (Å²) in [6.45, 7) is 2.19. The van der Waals surface area contributed by atoms with Gasteiger partial charge in [0.2, 0.25) is 11.8 Å². The van der Waals surface area contributed by atoms with Crippen LogP contribution in [0, 0.1) is 0 Å². The number of nitrogens with one attached hydrogen (secondary N) is 2. The minimum absolute atomic E-state index is 0.324. The molecule has 6 N–H and O–H groups in total. The largest absolute Gasteiger partial charge is 0.496 e. The van der Waals surface area contributed by atoms with Crippen molar-refractivity contribution in [1.82, 2.24) is 5.32 Å². The lowest BCUT2D eigenvalue weighted by Crippen LogP contribution is -2.48. The van der Waals surface area contributed by atoms with Gasteiger partial charge in [0.25, 0.3) is 0 Å². The minimum Gasteiger partial charge on any atom is -0.496 e. The van der Waals surface area contributed by atoms with Crippen LogP contribution in [0.1, 0.15) is 26.2 Å². The third kappa shape index (κ3) is 5.67. The van der Waals surface area contributed by atoms with Crippen molar-refractivity contribution in [1.29, 1.82) is 0 Å². The van der Waals surface area contributed by atoms with E-state index in [1.807, 2.05) is 30.3 Å². The van der Waals surface area contributed by atoms with Crippen LogP contribution in [-0.4, -0.2) is 37.6 Å². The summed E-state index contributed by atoms with van der Waals surface area (Å²) in [7, 11) is 1.59. The first-order chi connectivity index (χ1) is 13.0. The smallest absolute Gasteiger partial charge is 0.246 e. The average Bonchev–Trinajstić information content (AvgIpc) is 2.67. The first-order valence-corrected chi connectivity index (χ1v) is 9.10. The quantitative estimate of drug-likeness (QED) is 0.500. The number of anilines is 1. The zero-order valence-corrected chi connectivity index (χ0v) is 15.8. The first kappa shape index (κ1) is 20.7. The summed E-state index contributed by atoms with van der Waals surface area (Å²) in [5.41, 5.74) is 11.9. The van der Waals surface area contributed by atoms with Crippen molar-refractivity contribution in [2.24, 2.45) is 11.5 Å². The number of carbonyl (C=O) groups excluding carboxylic acids is 2. The molecule has 0 radical (unpaired) electrons. The topological polar surface area (TPSA) is 119 Å². The van der Waals surface area contributed by atoms with E-state index in [1.54, 1.807) is 20.1 Å². The molecule has 2 amide bonds. The molecule has 0 aromatic heterocycles. The third-order valence-electron chi connectivity index (χ3n) is 4.37. The van der Waals surface area contributed by atoms with Crippen LogP contribution in [0.5, 0.6) is 5.75 Å². The second kappa shape index (κ2) is 9.89. The minimum atomic E-state index is -0.712. The summed E-state index contributed by atoms with van der Waals surface area (Å²) < 4.78 is 5.41. The predicted molar refractivity (Wildman–Crippen MR) is 108 cm³/mol. The Hall–Kier alpha value is -2.64. The second-order valence-corrected chi connectivity index (χ2v) is 6.51. The monoisotopic (exact) mass is 372 g/mol. The van der Waals surface area contributed by atoms with Gasteiger partial charge in [-0.1, -0.05) is 30.7 Å². The van der Waals surface area contributed by atoms with Gasteiger partial charge < -0.3 is 26.8 Å². The Morgan fingerprint density at radius 2 is 1.89 bits per heavy atom. The predicted octanol–water partition coefficient (Wildman–Crippen LogP) is 1.75. The summed E-state index contributed by atoms with van der Waals surface area (Å²) in [5, 5.41) is 7.38. The van der Waals surface area contributed by atoms with E-state index >= 15 is 0 Å². The van der Waals surface area contributed by atoms with Crippen LogP contribution >= 0.6 is 0 Å². The van der Waals surface area contributed by atoms with Gasteiger partial charge >= 0.3 is 0 Å². The van der Waals surface area contributed by atoms with E-state index in [0.29, 0.717) is 24.4 Å². The van der Waals surface area contributed by atoms with E-state index in [1.165, 1.54) is 0 Å². The van der Waals surface area contributed by atoms with Crippen molar-refractivity contribution in [3.8, 4) is 5.75 Å². The molecule has 0 bridgehead atoms. The van der Waals surface area contributed by atoms with Crippen molar-refractivity contribution >= 4 is 28.3 Å². The molecule has 2 aromatic carbocycles. The van der Waals surface area contributed by atoms with Crippen molar-refractivity contribution in [3.63, 3.8) is 0 Å². The molecule has 0 saturated heterocycles. The molecular formula is C20H28N4O3. The third-order valence-corrected chi connectivity index (χ3v) is 4.37. The van der Waals surface area contributed by atoms with E-state index in [9.17, 15) is 9.59 Å². The Labute approximate surface area is 159 Å². The maximum absolute atomic E-state index is 12.4. The van der Waals surface area contributed by atoms with Gasteiger partial charge in [-0.2, -0.15) is 0 Å². The van der Waals surface area contributed by atoms with Crippen LogP contribution in [-0.2, 0) is 9.59 Å². The lowest BCUT2D eigenvalue weighted by molar-refractivity contribution is -0.127. The van der Waals surface area contributed by atoms with Crippen molar-refractivity contribution in [3.05, 3.63) is 36.4 Å². The maximum Gasteiger partial charge on any atom is 0.246 e. The molecule has 0 spiro atoms. The van der Waals surface area contributed by atoms with Gasteiger partial charge in [-0.3, -0.25) is 9.59 Å². The molecule has 0 unspecified atom stereocenters. The molecule has 2 aromatic rings. The molecular weight excluding hydrogens is 344 g/mol. The molecule has 0 saturated carbocycles. The van der Waals surface area contributed by atoms with E-state index in [4.69, 9.17) is 16.2 Å². The highest BCUT2D eigenvalue weighted by Gasteiger charge is 2.20. The van der Waals surface area contributed by atoms with Crippen molar-refractivity contribution in [2.45, 2.75) is 38.3 Å². The molecule has 0 aliphatic rings. The van der Waals surface area contributed by atoms with Gasteiger partial charge in [0.1, 0.15) is 11.8 Å². The van der Waals surface area contributed by atoms with Gasteiger partial charge in [0, 0.05) is 17.1 Å². The summed E-state index contributed by atoms with van der Waals surface area (Å²) >= 11 is 0. The highest BCUT2D eigenvalue weighted by Crippen LogP contribution is 2.29. The van der Waals surface area contributed by atoms with Crippen LogP contribution in [0.4, 0.5) is 5.69 Å². The number of unbranched alkanes of at least 4 members (excludes halogenated alkanes) is 1. The van der Waals surface area contributed by atoms with Crippen molar-refractivity contribution < 1.29 is 14.3 Å². The molecule has 146 valence electrons. The van der Waals surface area contributed by atoms with E-state index in [0.717, 1.165) is 23.6 Å². The first-order valence-electron chi connectivity index (χ1n) is 9.10. The molecule has 2 rings (SSSR count). The number of fused-ring (bicyclic) bond motifs is 1. The lowest BCUT2D eigenvalue weighted by Gasteiger charge is -2.18. The number of carbonyl (C=O) groups is 2. The van der Waals surface area contributed by atoms with Gasteiger partial charge in [-0.15, -0.1) is 0 Å². The van der Waals surface area contributed by atoms with Crippen LogP contribution in [0.3, 0.4) is 0 Å². The van der Waals surface area contributed by atoms with Gasteiger partial charge in [-0.05, 0) is 37.8 Å². The van der Waals surface area contributed by atoms with Crippen LogP contribution in [0.25, 0.3) is 10.8 Å². The highest BCUT2D eigenvalue weighted by molar-refractivity contribution is 6.00. The van der Waals surface area contributed by atoms with Crippen molar-refractivity contribution in [2.75, 3.05) is 19.0 Å². The molecule has 2 atom stereocenters. The van der Waals surface area contributed by atoms with Crippen LogP contribution in [0.2, 0.25) is 0 Å². The zero-order valence-electron chi connectivity index (χ0n) is 15.8. The van der Waals surface area contributed by atoms with Gasteiger partial charge in [0.05, 0.1) is 13.2 Å². The van der Waals surface area contributed by atoms with E-state index < -0.39 is 12.1 Å². The Balaban J connectivity index is 1.99. The lowest BCUT2D eigenvalue weighted by atomic mass is 10.1. The number of benzene rings is 2. The van der Waals surface area contributed by atoms with Crippen LogP contribution in [0.15, 0.2) is 36.4 Å². The maximum atomic E-state index is 12.4. The second-order valence-electron chi connectivity index (χ2n) is 6.51. The molecule has 0 heterocycles. The number of ether oxygens (including phenoxy) is 1. The Bertz CT molecular complexity index is 794. The summed E-state index contributed by atoms with van der Waals surface area (Å²) in [6, 6.07) is 10.0. The molecule has 7 nitrogen and oxygen atoms in total. The summed E-state index contributed by atoms with van der Waals surface area (Å²) in [4.78, 5) is 24.6. The van der Waals surface area contributed by atoms with E-state index in [2.05, 4.69) is 10.6 Å². The Morgan fingerprint density at radius 1 is 1.15 bits per heavy atom. The van der Waals surface area contributed by atoms with Gasteiger partial charge in [0.15, 0.2) is 0 Å². The average molecular weight is 372 g/mol. The highest BCUT2D eigenvalue weighted by atomic mass is 16.5.